The van der Waals surface area contributed by atoms with E-state index in [-0.39, 0.29) is 0 Å². The number of carbonyl (C=O) groups is 6. The monoisotopic (exact) mass is 356 g/mol. The van der Waals surface area contributed by atoms with Gasteiger partial charge in [-0.2, -0.15) is 0 Å². The molecule has 0 aromatic carbocycles. The van der Waals surface area contributed by atoms with Crippen molar-refractivity contribution in [3.63, 3.8) is 0 Å². The Balaban J connectivity index is 2.67. The van der Waals surface area contributed by atoms with Crippen LogP contribution in [0.15, 0.2) is 0 Å². The molecule has 0 aromatic rings. The van der Waals surface area contributed by atoms with Gasteiger partial charge in [-0.05, 0) is 0 Å². The van der Waals surface area contributed by atoms with E-state index < -0.39 is 64.5 Å². The second kappa shape index (κ2) is 6.26. The highest BCUT2D eigenvalue weighted by Gasteiger charge is 2.85. The van der Waals surface area contributed by atoms with Crippen LogP contribution < -0.4 is 0 Å². The van der Waals surface area contributed by atoms with Gasteiger partial charge in [0.15, 0.2) is 11.6 Å². The van der Waals surface area contributed by atoms with Gasteiger partial charge in [-0.15, -0.1) is 0 Å². The third kappa shape index (κ3) is 2.09. The Hall–Kier alpha value is -2.78. The molecule has 2 rings (SSSR count). The fourth-order valence-corrected chi connectivity index (χ4v) is 3.88. The Morgan fingerprint density at radius 2 is 0.800 bits per heavy atom. The normalized spacial score (nSPS) is 29.1. The molecule has 2 saturated carbocycles. The van der Waals surface area contributed by atoms with E-state index in [0.29, 0.717) is 0 Å². The third-order valence-corrected chi connectivity index (χ3v) is 4.89. The molecule has 0 heterocycles. The van der Waals surface area contributed by atoms with Crippen molar-refractivity contribution >= 4 is 35.4 Å². The highest BCUT2D eigenvalue weighted by molar-refractivity contribution is 6.26. The summed E-state index contributed by atoms with van der Waals surface area (Å²) in [6.07, 6.45) is 0. The van der Waals surface area contributed by atoms with Crippen LogP contribution in [0.3, 0.4) is 0 Å². The lowest BCUT2D eigenvalue weighted by Gasteiger charge is -2.61. The van der Waals surface area contributed by atoms with Crippen molar-refractivity contribution < 1.29 is 47.7 Å². The zero-order valence-corrected chi connectivity index (χ0v) is 13.9. The number of rotatable bonds is 4. The molecule has 0 aliphatic heterocycles. The molecular weight excluding hydrogens is 340 g/mol. The summed E-state index contributed by atoms with van der Waals surface area (Å²) in [7, 11) is 3.98. The molecule has 10 nitrogen and oxygen atoms in total. The number of Topliss-reactive ketones (excluding diaryl/α,β-unsaturated/α-hetero) is 2. The highest BCUT2D eigenvalue weighted by Crippen LogP contribution is 2.67. The van der Waals surface area contributed by atoms with Crippen LogP contribution in [0.1, 0.15) is 0 Å². The number of hydrogen-bond donors (Lipinski definition) is 0. The van der Waals surface area contributed by atoms with E-state index in [0.717, 1.165) is 28.4 Å². The molecule has 1 spiro atoms. The second-order valence-electron chi connectivity index (χ2n) is 5.63. The molecule has 0 radical (unpaired) electrons. The smallest absolute Gasteiger partial charge is 0.316 e. The highest BCUT2D eigenvalue weighted by atomic mass is 16.5. The number of ketones is 2. The fraction of sp³-hybridized carbons (Fsp3) is 0.600. The molecule has 0 N–H and O–H groups in total. The van der Waals surface area contributed by atoms with Crippen molar-refractivity contribution in [3.8, 4) is 0 Å². The van der Waals surface area contributed by atoms with E-state index in [9.17, 15) is 28.8 Å². The molecule has 2 fully saturated rings. The van der Waals surface area contributed by atoms with Crippen molar-refractivity contribution in [3.05, 3.63) is 0 Å². The van der Waals surface area contributed by atoms with Crippen LogP contribution in [-0.2, 0) is 47.7 Å². The lowest BCUT2D eigenvalue weighted by molar-refractivity contribution is -0.223. The van der Waals surface area contributed by atoms with Gasteiger partial charge in [0.25, 0.3) is 0 Å². The maximum Gasteiger partial charge on any atom is 0.316 e. The average molecular weight is 356 g/mol. The standard InChI is InChI=1S/C15H16O10/c1-22-11(18)5-9(16)6(12(19)23-2)15(5)7(13(20)24-3)10(17)8(15)14(21)25-4/h5-8H,1-4H3/t5-,6-,7-,8+/m1/s1. The molecule has 0 amide bonds. The van der Waals surface area contributed by atoms with E-state index in [2.05, 4.69) is 18.9 Å². The minimum atomic E-state index is -1.95. The number of methoxy groups -OCH3 is 4. The van der Waals surface area contributed by atoms with Gasteiger partial charge in [-0.1, -0.05) is 0 Å². The van der Waals surface area contributed by atoms with Gasteiger partial charge in [0.1, 0.15) is 23.7 Å². The number of ether oxygens (including phenoxy) is 4. The maximum atomic E-state index is 12.4. The first-order valence-electron chi connectivity index (χ1n) is 7.14. The molecule has 0 unspecified atom stereocenters. The first kappa shape index (κ1) is 18.6. The Bertz CT molecular complexity index is 564. The summed E-state index contributed by atoms with van der Waals surface area (Å²) in [5, 5.41) is 0. The Kier molecular flexibility index (Phi) is 4.65. The van der Waals surface area contributed by atoms with Gasteiger partial charge >= 0.3 is 23.9 Å². The molecular formula is C15H16O10. The van der Waals surface area contributed by atoms with Gasteiger partial charge in [0.2, 0.25) is 0 Å². The topological polar surface area (TPSA) is 139 Å². The van der Waals surface area contributed by atoms with Crippen LogP contribution in [0.25, 0.3) is 0 Å². The van der Waals surface area contributed by atoms with Crippen LogP contribution in [0.4, 0.5) is 0 Å². The lowest BCUT2D eigenvalue weighted by Crippen LogP contribution is -2.80. The Labute approximate surface area is 141 Å². The van der Waals surface area contributed by atoms with Crippen LogP contribution >= 0.6 is 0 Å². The maximum absolute atomic E-state index is 12.4. The third-order valence-electron chi connectivity index (χ3n) is 4.89. The summed E-state index contributed by atoms with van der Waals surface area (Å²) < 4.78 is 18.2. The Morgan fingerprint density at radius 1 is 0.600 bits per heavy atom. The minimum Gasteiger partial charge on any atom is -0.468 e. The van der Waals surface area contributed by atoms with E-state index >= 15 is 0 Å². The number of esters is 4. The molecule has 4 atom stereocenters. The molecule has 2 aliphatic rings. The quantitative estimate of drug-likeness (QED) is 0.325. The zero-order valence-electron chi connectivity index (χ0n) is 13.9. The molecule has 0 aromatic heterocycles. The van der Waals surface area contributed by atoms with Crippen molar-refractivity contribution in [2.75, 3.05) is 28.4 Å². The molecule has 10 heteroatoms. The summed E-state index contributed by atoms with van der Waals surface area (Å²) in [6.45, 7) is 0. The minimum absolute atomic E-state index is 0.894. The fourth-order valence-electron chi connectivity index (χ4n) is 3.88. The predicted molar refractivity (Wildman–Crippen MR) is 74.5 cm³/mol. The second-order valence-corrected chi connectivity index (χ2v) is 5.63. The molecule has 25 heavy (non-hydrogen) atoms. The summed E-state index contributed by atoms with van der Waals surface area (Å²) in [5.41, 5.74) is -1.95. The molecule has 0 saturated heterocycles. The van der Waals surface area contributed by atoms with E-state index in [1.54, 1.807) is 0 Å². The SMILES string of the molecule is COC(=O)[C@@H]1C(=O)[C@H](C(=O)OC)C12[C@@H](C(=O)OC)C(=O)[C@@H]2C(=O)OC. The van der Waals surface area contributed by atoms with Gasteiger partial charge < -0.3 is 18.9 Å². The molecule has 0 bridgehead atoms. The summed E-state index contributed by atoms with van der Waals surface area (Å²) >= 11 is 0. The average Bonchev–Trinajstić information content (AvgIpc) is 2.59. The summed E-state index contributed by atoms with van der Waals surface area (Å²) in [6, 6.07) is 0. The van der Waals surface area contributed by atoms with Crippen molar-refractivity contribution in [1.29, 1.82) is 0 Å². The first-order chi connectivity index (χ1) is 11.7. The van der Waals surface area contributed by atoms with Crippen LogP contribution in [0, 0.1) is 29.1 Å². The van der Waals surface area contributed by atoms with Gasteiger partial charge in [0, 0.05) is 0 Å². The van der Waals surface area contributed by atoms with Crippen molar-refractivity contribution in [2.45, 2.75) is 0 Å². The molecule has 2 aliphatic carbocycles. The largest absolute Gasteiger partial charge is 0.468 e. The first-order valence-corrected chi connectivity index (χ1v) is 7.14. The summed E-state index contributed by atoms with van der Waals surface area (Å²) in [5.74, 6) is -12.7. The van der Waals surface area contributed by atoms with Crippen molar-refractivity contribution in [1.82, 2.24) is 0 Å². The lowest BCUT2D eigenvalue weighted by atomic mass is 9.34. The van der Waals surface area contributed by atoms with Gasteiger partial charge in [-0.3, -0.25) is 28.8 Å². The molecule has 136 valence electrons. The predicted octanol–water partition coefficient (Wildman–Crippen LogP) is -1.70. The number of hydrogen-bond acceptors (Lipinski definition) is 10. The van der Waals surface area contributed by atoms with E-state index in [1.165, 1.54) is 0 Å². The van der Waals surface area contributed by atoms with Crippen LogP contribution in [-0.4, -0.2) is 63.9 Å². The van der Waals surface area contributed by atoms with Crippen LogP contribution in [0.2, 0.25) is 0 Å². The van der Waals surface area contributed by atoms with Gasteiger partial charge in [-0.25, -0.2) is 0 Å². The van der Waals surface area contributed by atoms with E-state index in [1.807, 2.05) is 0 Å². The number of carbonyl (C=O) groups excluding carboxylic acids is 6. The Morgan fingerprint density at radius 3 is 0.960 bits per heavy atom. The van der Waals surface area contributed by atoms with Gasteiger partial charge in [0.05, 0.1) is 33.9 Å². The zero-order chi connectivity index (χ0) is 19.1. The summed E-state index contributed by atoms with van der Waals surface area (Å²) in [4.78, 5) is 73.1. The van der Waals surface area contributed by atoms with Crippen molar-refractivity contribution in [2.24, 2.45) is 29.1 Å². The van der Waals surface area contributed by atoms with E-state index in [4.69, 9.17) is 0 Å². The van der Waals surface area contributed by atoms with Crippen LogP contribution in [0.5, 0.6) is 0 Å².